The van der Waals surface area contributed by atoms with Crippen LogP contribution in [-0.2, 0) is 10.7 Å². The first-order valence-corrected chi connectivity index (χ1v) is 5.44. The molecule has 1 saturated carbocycles. The Morgan fingerprint density at radius 2 is 2.11 bits per heavy atom. The lowest BCUT2D eigenvalue weighted by Gasteiger charge is -2.38. The van der Waals surface area contributed by atoms with E-state index in [2.05, 4.69) is 4.98 Å². The number of rotatable bonds is 1. The van der Waals surface area contributed by atoms with E-state index in [1.165, 1.54) is 18.3 Å². The van der Waals surface area contributed by atoms with Crippen LogP contribution in [-0.4, -0.2) is 23.0 Å². The summed E-state index contributed by atoms with van der Waals surface area (Å²) in [4.78, 5) is 16.7. The first-order valence-electron chi connectivity index (χ1n) is 5.44. The van der Waals surface area contributed by atoms with Gasteiger partial charge in [-0.05, 0) is 25.0 Å². The Balaban J connectivity index is 0.00000120. The number of alkyl halides is 2. The van der Waals surface area contributed by atoms with Gasteiger partial charge in [0.25, 0.3) is 0 Å². The van der Waals surface area contributed by atoms with E-state index >= 15 is 0 Å². The maximum absolute atomic E-state index is 13.7. The molecule has 7 heteroatoms. The van der Waals surface area contributed by atoms with Gasteiger partial charge in [-0.1, -0.05) is 0 Å². The molecule has 0 unspecified atom stereocenters. The van der Waals surface area contributed by atoms with Crippen LogP contribution in [0.2, 0.25) is 0 Å². The Bertz CT molecular complexity index is 491. The molecule has 1 fully saturated rings. The van der Waals surface area contributed by atoms with E-state index in [0.717, 1.165) is 4.90 Å². The first-order chi connectivity index (χ1) is 8.01. The van der Waals surface area contributed by atoms with Crippen LogP contribution in [0.25, 0.3) is 0 Å². The van der Waals surface area contributed by atoms with Gasteiger partial charge >= 0.3 is 11.8 Å². The highest BCUT2D eigenvalue weighted by Gasteiger charge is 2.56. The van der Waals surface area contributed by atoms with Gasteiger partial charge < -0.3 is 5.73 Å². The van der Waals surface area contributed by atoms with E-state index in [1.807, 2.05) is 0 Å². The average Bonchev–Trinajstić information content (AvgIpc) is 2.45. The van der Waals surface area contributed by atoms with Gasteiger partial charge in [-0.3, -0.25) is 9.69 Å². The zero-order valence-corrected chi connectivity index (χ0v) is 11.1. The topological polar surface area (TPSA) is 59.2 Å². The van der Waals surface area contributed by atoms with Crippen LogP contribution in [0.5, 0.6) is 0 Å². The summed E-state index contributed by atoms with van der Waals surface area (Å²) in [6, 6.07) is 2.42. The van der Waals surface area contributed by atoms with Gasteiger partial charge in [0, 0.05) is 18.3 Å². The lowest BCUT2D eigenvalue weighted by molar-refractivity contribution is -0.142. The van der Waals surface area contributed by atoms with E-state index in [1.54, 1.807) is 0 Å². The molecule has 1 aromatic heterocycles. The molecule has 2 N–H and O–H groups in total. The summed E-state index contributed by atoms with van der Waals surface area (Å²) in [7, 11) is 0. The molecule has 0 radical (unpaired) electrons. The zero-order chi connectivity index (χ0) is 12.2. The number of anilines is 1. The highest BCUT2D eigenvalue weighted by Crippen LogP contribution is 2.45. The van der Waals surface area contributed by atoms with Gasteiger partial charge in [0.1, 0.15) is 5.82 Å². The van der Waals surface area contributed by atoms with Crippen molar-refractivity contribution in [3.05, 3.63) is 23.9 Å². The molecule has 0 bridgehead atoms. The number of halogens is 3. The molecule has 0 saturated heterocycles. The number of nitrogens with two attached hydrogens (primary N) is 1. The van der Waals surface area contributed by atoms with E-state index in [4.69, 9.17) is 5.73 Å². The van der Waals surface area contributed by atoms with Crippen LogP contribution in [0, 0.1) is 0 Å². The molecular weight excluding hydrogens is 308 g/mol. The summed E-state index contributed by atoms with van der Waals surface area (Å²) in [6.45, 7) is 0. The van der Waals surface area contributed by atoms with Crippen LogP contribution in [0.4, 0.5) is 14.6 Å². The summed E-state index contributed by atoms with van der Waals surface area (Å²) in [5, 5.41) is 0. The third kappa shape index (κ3) is 1.65. The van der Waals surface area contributed by atoms with Gasteiger partial charge in [-0.2, -0.15) is 8.78 Å². The molecule has 3 rings (SSSR count). The van der Waals surface area contributed by atoms with E-state index in [9.17, 15) is 13.6 Å². The summed E-state index contributed by atoms with van der Waals surface area (Å²) in [5.74, 6) is -4.55. The van der Waals surface area contributed by atoms with Gasteiger partial charge in [-0.25, -0.2) is 4.98 Å². The fourth-order valence-electron chi connectivity index (χ4n) is 2.38. The normalized spacial score (nSPS) is 28.4. The second-order valence-corrected chi connectivity index (χ2v) is 4.51. The molecule has 1 aromatic rings. The van der Waals surface area contributed by atoms with Crippen molar-refractivity contribution in [3.63, 3.8) is 0 Å². The fourth-order valence-corrected chi connectivity index (χ4v) is 2.38. The molecule has 0 atom stereocenters. The molecule has 4 nitrogen and oxygen atoms in total. The molecule has 0 spiro atoms. The van der Waals surface area contributed by atoms with Crippen molar-refractivity contribution in [2.45, 2.75) is 30.8 Å². The second kappa shape index (κ2) is 4.24. The molecule has 1 amide bonds. The van der Waals surface area contributed by atoms with E-state index < -0.39 is 11.8 Å². The van der Waals surface area contributed by atoms with Gasteiger partial charge in [0.2, 0.25) is 0 Å². The Labute approximate surface area is 113 Å². The minimum absolute atomic E-state index is 0. The lowest BCUT2D eigenvalue weighted by atomic mass is 9.86. The predicted octanol–water partition coefficient (Wildman–Crippen LogP) is 1.59. The number of amides is 1. The molecule has 18 heavy (non-hydrogen) atoms. The average molecular weight is 320 g/mol. The maximum atomic E-state index is 13.7. The third-order valence-electron chi connectivity index (χ3n) is 3.36. The number of hydrogen-bond donors (Lipinski definition) is 1. The highest BCUT2D eigenvalue weighted by molar-refractivity contribution is 8.93. The standard InChI is InChI=1S/C11H11F2N3O.BrH/c12-11(13)8-2-1-3-15-9(8)16(10(11)17)7-4-6(14)5-7;/h1-3,6-7H,4-5,14H2;1H/t6-,7-;. The van der Waals surface area contributed by atoms with Gasteiger partial charge in [0.05, 0.1) is 5.56 Å². The molecule has 0 aromatic carbocycles. The molecule has 2 heterocycles. The minimum atomic E-state index is -3.46. The third-order valence-corrected chi connectivity index (χ3v) is 3.36. The largest absolute Gasteiger partial charge is 0.353 e. The van der Waals surface area contributed by atoms with Crippen molar-refractivity contribution in [2.24, 2.45) is 5.73 Å². The monoisotopic (exact) mass is 319 g/mol. The van der Waals surface area contributed by atoms with Crippen molar-refractivity contribution >= 4 is 28.7 Å². The van der Waals surface area contributed by atoms with Crippen molar-refractivity contribution in [1.82, 2.24) is 4.98 Å². The molecular formula is C11H12BrF2N3O. The number of aromatic nitrogens is 1. The number of pyridine rings is 1. The van der Waals surface area contributed by atoms with Crippen LogP contribution in [0.15, 0.2) is 18.3 Å². The molecule has 1 aliphatic carbocycles. The maximum Gasteiger partial charge on any atom is 0.353 e. The first kappa shape index (κ1) is 13.4. The van der Waals surface area contributed by atoms with Crippen LogP contribution in [0.3, 0.4) is 0 Å². The highest BCUT2D eigenvalue weighted by atomic mass is 79.9. The van der Waals surface area contributed by atoms with E-state index in [-0.39, 0.29) is 40.4 Å². The van der Waals surface area contributed by atoms with E-state index in [0.29, 0.717) is 12.8 Å². The Morgan fingerprint density at radius 3 is 2.72 bits per heavy atom. The Morgan fingerprint density at radius 1 is 1.44 bits per heavy atom. The molecule has 1 aliphatic heterocycles. The SMILES string of the molecule is Br.N[C@H]1C[C@H](N2C(=O)C(F)(F)c3cccnc32)C1. The summed E-state index contributed by atoms with van der Waals surface area (Å²) in [6.07, 6.45) is 2.52. The van der Waals surface area contributed by atoms with Crippen LogP contribution in [0.1, 0.15) is 18.4 Å². The number of carbonyl (C=O) groups is 1. The minimum Gasteiger partial charge on any atom is -0.328 e. The number of carbonyl (C=O) groups excluding carboxylic acids is 1. The summed E-state index contributed by atoms with van der Waals surface area (Å²) < 4.78 is 27.5. The van der Waals surface area contributed by atoms with Crippen molar-refractivity contribution in [1.29, 1.82) is 0 Å². The summed E-state index contributed by atoms with van der Waals surface area (Å²) in [5.41, 5.74) is 5.32. The van der Waals surface area contributed by atoms with Crippen molar-refractivity contribution in [3.8, 4) is 0 Å². The molecule has 2 aliphatic rings. The van der Waals surface area contributed by atoms with Crippen molar-refractivity contribution in [2.75, 3.05) is 4.90 Å². The Hall–Kier alpha value is -1.08. The number of nitrogens with zero attached hydrogens (tertiary/aromatic N) is 2. The van der Waals surface area contributed by atoms with Crippen LogP contribution < -0.4 is 10.6 Å². The summed E-state index contributed by atoms with van der Waals surface area (Å²) >= 11 is 0. The molecule has 98 valence electrons. The smallest absolute Gasteiger partial charge is 0.328 e. The zero-order valence-electron chi connectivity index (χ0n) is 9.35. The van der Waals surface area contributed by atoms with Gasteiger partial charge in [0.15, 0.2) is 0 Å². The van der Waals surface area contributed by atoms with Crippen LogP contribution >= 0.6 is 17.0 Å². The fraction of sp³-hybridized carbons (Fsp3) is 0.455. The quantitative estimate of drug-likeness (QED) is 0.855. The van der Waals surface area contributed by atoms with Gasteiger partial charge in [-0.15, -0.1) is 17.0 Å². The second-order valence-electron chi connectivity index (χ2n) is 4.51. The predicted molar refractivity (Wildman–Crippen MR) is 66.9 cm³/mol. The lowest BCUT2D eigenvalue weighted by Crippen LogP contribution is -2.53. The van der Waals surface area contributed by atoms with Crippen molar-refractivity contribution < 1.29 is 13.6 Å². The number of hydrogen-bond acceptors (Lipinski definition) is 3. The number of fused-ring (bicyclic) bond motifs is 1. The Kier molecular flexibility index (Phi) is 3.14.